The first-order chi connectivity index (χ1) is 24.0. The molecule has 2 aromatic heterocycles. The van der Waals surface area contributed by atoms with Crippen LogP contribution in [0.2, 0.25) is 0 Å². The number of ketones is 1. The molecular weight excluding hydrogens is 680 g/mol. The zero-order chi connectivity index (χ0) is 37.2. The molecule has 2 aliphatic rings. The van der Waals surface area contributed by atoms with Gasteiger partial charge in [-0.2, -0.15) is 26.3 Å². The van der Waals surface area contributed by atoms with Crippen LogP contribution in [0.25, 0.3) is 0 Å². The monoisotopic (exact) mass is 721 g/mol. The molecule has 1 unspecified atom stereocenters. The number of nitrogens with zero attached hydrogens (tertiary/aromatic N) is 6. The summed E-state index contributed by atoms with van der Waals surface area (Å²) in [5, 5.41) is 3.27. The number of halogens is 6. The normalized spacial score (nSPS) is 19.0. The van der Waals surface area contributed by atoms with Crippen molar-refractivity contribution >= 4 is 29.1 Å². The van der Waals surface area contributed by atoms with Gasteiger partial charge >= 0.3 is 18.4 Å². The SMILES string of the molecule is CCOC(=O)N1c2ccc(N(C)C)nc2[C@@H](NC(c2cc(C(F)(F)F)cc(C(F)(F)F)c2)c2ncc(N3CCC(C(C)=O)CC3)cn2)C[C@H]1CC. The second kappa shape index (κ2) is 15.0. The molecule has 0 bridgehead atoms. The molecule has 0 radical (unpaired) electrons. The van der Waals surface area contributed by atoms with E-state index in [4.69, 9.17) is 9.72 Å². The number of ether oxygens (including phenoxy) is 1. The number of Topliss-reactive ketones (excluding diaryl/α,β-unsaturated/α-hetero) is 1. The number of amides is 1. The van der Waals surface area contributed by atoms with Crippen molar-refractivity contribution in [3.8, 4) is 0 Å². The average Bonchev–Trinajstić information content (AvgIpc) is 3.09. The Morgan fingerprint density at radius 1 is 0.980 bits per heavy atom. The van der Waals surface area contributed by atoms with E-state index in [9.17, 15) is 35.9 Å². The summed E-state index contributed by atoms with van der Waals surface area (Å²) in [4.78, 5) is 44.0. The number of aromatic nitrogens is 3. The van der Waals surface area contributed by atoms with Crippen molar-refractivity contribution in [2.45, 2.75) is 76.9 Å². The van der Waals surface area contributed by atoms with E-state index in [1.54, 1.807) is 45.0 Å². The fraction of sp³-hybridized carbons (Fsp3) is 0.514. The number of nitrogens with one attached hydrogen (secondary N) is 1. The van der Waals surface area contributed by atoms with Gasteiger partial charge in [0, 0.05) is 39.1 Å². The zero-order valence-corrected chi connectivity index (χ0v) is 29.0. The minimum atomic E-state index is -5.08. The van der Waals surface area contributed by atoms with Crippen LogP contribution in [-0.4, -0.2) is 66.7 Å². The molecule has 2 aliphatic heterocycles. The topological polar surface area (TPSA) is 104 Å². The third kappa shape index (κ3) is 8.37. The molecule has 16 heteroatoms. The number of hydrogen-bond donors (Lipinski definition) is 1. The van der Waals surface area contributed by atoms with Crippen molar-refractivity contribution in [2.75, 3.05) is 48.5 Å². The quantitative estimate of drug-likeness (QED) is 0.227. The highest BCUT2D eigenvalue weighted by molar-refractivity contribution is 5.90. The summed E-state index contributed by atoms with van der Waals surface area (Å²) in [5.74, 6) is 0.520. The van der Waals surface area contributed by atoms with E-state index < -0.39 is 47.7 Å². The van der Waals surface area contributed by atoms with Gasteiger partial charge in [-0.05, 0) is 75.4 Å². The molecule has 3 aromatic rings. The Balaban J connectivity index is 1.62. The van der Waals surface area contributed by atoms with E-state index in [1.165, 1.54) is 17.3 Å². The summed E-state index contributed by atoms with van der Waals surface area (Å²) in [6, 6.07) is 2.26. The number of fused-ring (bicyclic) bond motifs is 1. The van der Waals surface area contributed by atoms with E-state index in [1.807, 2.05) is 11.8 Å². The fourth-order valence-electron chi connectivity index (χ4n) is 6.64. The van der Waals surface area contributed by atoms with Crippen molar-refractivity contribution in [3.05, 3.63) is 70.9 Å². The number of pyridine rings is 1. The van der Waals surface area contributed by atoms with Crippen LogP contribution in [0.5, 0.6) is 0 Å². The van der Waals surface area contributed by atoms with E-state index in [0.717, 1.165) is 0 Å². The highest BCUT2D eigenvalue weighted by Crippen LogP contribution is 2.42. The predicted molar refractivity (Wildman–Crippen MR) is 179 cm³/mol. The van der Waals surface area contributed by atoms with Gasteiger partial charge in [0.1, 0.15) is 17.4 Å². The maximum Gasteiger partial charge on any atom is 0.416 e. The molecule has 1 saturated heterocycles. The number of hydrogen-bond acceptors (Lipinski definition) is 9. The Morgan fingerprint density at radius 2 is 1.59 bits per heavy atom. The Hall–Kier alpha value is -4.47. The fourth-order valence-corrected chi connectivity index (χ4v) is 6.64. The number of anilines is 3. The maximum atomic E-state index is 14.1. The second-order valence-corrected chi connectivity index (χ2v) is 13.0. The molecular formula is C35H41F6N7O3. The summed E-state index contributed by atoms with van der Waals surface area (Å²) in [7, 11) is 3.53. The van der Waals surface area contributed by atoms with Crippen molar-refractivity contribution in [1.82, 2.24) is 20.3 Å². The van der Waals surface area contributed by atoms with Crippen molar-refractivity contribution in [3.63, 3.8) is 0 Å². The number of carbonyl (C=O) groups is 2. The zero-order valence-electron chi connectivity index (χ0n) is 29.0. The number of alkyl halides is 6. The van der Waals surface area contributed by atoms with Crippen LogP contribution in [-0.2, 0) is 21.9 Å². The number of carbonyl (C=O) groups excluding carboxylic acids is 2. The molecule has 1 amide bonds. The van der Waals surface area contributed by atoms with Crippen LogP contribution >= 0.6 is 0 Å². The molecule has 1 fully saturated rings. The third-order valence-corrected chi connectivity index (χ3v) is 9.41. The smallest absolute Gasteiger partial charge is 0.416 e. The molecule has 0 aliphatic carbocycles. The maximum absolute atomic E-state index is 14.1. The van der Waals surface area contributed by atoms with Crippen molar-refractivity contribution in [1.29, 1.82) is 0 Å². The third-order valence-electron chi connectivity index (χ3n) is 9.41. The lowest BCUT2D eigenvalue weighted by molar-refractivity contribution is -0.143. The first-order valence-electron chi connectivity index (χ1n) is 16.8. The number of piperidine rings is 1. The van der Waals surface area contributed by atoms with Crippen LogP contribution in [0.3, 0.4) is 0 Å². The lowest BCUT2D eigenvalue weighted by Crippen LogP contribution is -2.48. The summed E-state index contributed by atoms with van der Waals surface area (Å²) in [6.45, 7) is 6.34. The second-order valence-electron chi connectivity index (χ2n) is 13.0. The first kappa shape index (κ1) is 37.8. The highest BCUT2D eigenvalue weighted by atomic mass is 19.4. The van der Waals surface area contributed by atoms with Gasteiger partial charge in [-0.15, -0.1) is 0 Å². The summed E-state index contributed by atoms with van der Waals surface area (Å²) < 4.78 is 89.8. The Kier molecular flexibility index (Phi) is 11.1. The molecule has 0 spiro atoms. The van der Waals surface area contributed by atoms with E-state index in [2.05, 4.69) is 15.3 Å². The van der Waals surface area contributed by atoms with Gasteiger partial charge in [0.15, 0.2) is 0 Å². The molecule has 5 rings (SSSR count). The van der Waals surface area contributed by atoms with Gasteiger partial charge in [-0.1, -0.05) is 6.92 Å². The number of benzene rings is 1. The summed E-state index contributed by atoms with van der Waals surface area (Å²) in [5.41, 5.74) is -1.92. The molecule has 4 heterocycles. The predicted octanol–water partition coefficient (Wildman–Crippen LogP) is 7.35. The van der Waals surface area contributed by atoms with Gasteiger partial charge in [0.2, 0.25) is 0 Å². The Morgan fingerprint density at radius 3 is 2.10 bits per heavy atom. The van der Waals surface area contributed by atoms with Gasteiger partial charge in [-0.25, -0.2) is 19.7 Å². The van der Waals surface area contributed by atoms with Crippen LogP contribution in [0.15, 0.2) is 42.7 Å². The van der Waals surface area contributed by atoms with E-state index >= 15 is 0 Å². The van der Waals surface area contributed by atoms with Crippen molar-refractivity contribution < 1.29 is 40.7 Å². The first-order valence-corrected chi connectivity index (χ1v) is 16.8. The molecule has 1 N–H and O–H groups in total. The summed E-state index contributed by atoms with van der Waals surface area (Å²) in [6.07, 6.45) is -5.85. The summed E-state index contributed by atoms with van der Waals surface area (Å²) >= 11 is 0. The van der Waals surface area contributed by atoms with Gasteiger partial charge in [0.25, 0.3) is 0 Å². The lowest BCUT2D eigenvalue weighted by atomic mass is 9.91. The molecule has 51 heavy (non-hydrogen) atoms. The minimum absolute atomic E-state index is 0.0505. The minimum Gasteiger partial charge on any atom is -0.449 e. The van der Waals surface area contributed by atoms with E-state index in [-0.39, 0.29) is 42.2 Å². The Bertz CT molecular complexity index is 1680. The van der Waals surface area contributed by atoms with Gasteiger partial charge in [-0.3, -0.25) is 15.0 Å². The average molecular weight is 722 g/mol. The van der Waals surface area contributed by atoms with Crippen LogP contribution in [0, 0.1) is 5.92 Å². The molecule has 0 saturated carbocycles. The molecule has 3 atom stereocenters. The van der Waals surface area contributed by atoms with Crippen LogP contribution < -0.4 is 20.0 Å². The van der Waals surface area contributed by atoms with Crippen LogP contribution in [0.4, 0.5) is 48.3 Å². The largest absolute Gasteiger partial charge is 0.449 e. The molecule has 10 nitrogen and oxygen atoms in total. The van der Waals surface area contributed by atoms with Crippen LogP contribution in [0.1, 0.15) is 86.7 Å². The Labute approximate surface area is 292 Å². The standard InChI is InChI=1S/C35H41F6N7O3/c1-6-25-17-27(31-28(48(25)33(50)51-7-2)8-9-29(45-31)46(4)5)44-30(22-14-23(34(36,37)38)16-24(15-22)35(39,40)41)32-42-18-26(19-43-32)47-12-10-21(11-13-47)20(3)49/h8-9,14-16,18-19,21,25,27,30,44H,6-7,10-13,17H2,1-5H3/t25-,27+,30?/m1/s1. The molecule has 276 valence electrons. The number of rotatable bonds is 9. The highest BCUT2D eigenvalue weighted by Gasteiger charge is 2.41. The van der Waals surface area contributed by atoms with Gasteiger partial charge in [0.05, 0.1) is 59.3 Å². The van der Waals surface area contributed by atoms with Gasteiger partial charge < -0.3 is 14.5 Å². The molecule has 1 aromatic carbocycles. The van der Waals surface area contributed by atoms with Crippen molar-refractivity contribution in [2.24, 2.45) is 5.92 Å². The lowest BCUT2D eigenvalue weighted by Gasteiger charge is -2.40. The van der Waals surface area contributed by atoms with E-state index in [0.29, 0.717) is 67.4 Å².